The van der Waals surface area contributed by atoms with Crippen molar-refractivity contribution in [2.45, 2.75) is 84.5 Å². The van der Waals surface area contributed by atoms with Crippen molar-refractivity contribution < 1.29 is 34.3 Å². The molecule has 0 atom stereocenters. The molecule has 26 heavy (non-hydrogen) atoms. The van der Waals surface area contributed by atoms with Crippen molar-refractivity contribution in [3.05, 3.63) is 0 Å². The van der Waals surface area contributed by atoms with Crippen LogP contribution in [0.5, 0.6) is 0 Å². The van der Waals surface area contributed by atoms with Crippen molar-refractivity contribution in [1.82, 2.24) is 0 Å². The number of unbranched alkanes of at least 4 members (excludes halogenated alkanes) is 9. The molecule has 0 heterocycles. The zero-order valence-electron chi connectivity index (χ0n) is 15.4. The maximum atomic E-state index is 11.2. The van der Waals surface area contributed by atoms with Gasteiger partial charge < -0.3 is 0 Å². The first-order chi connectivity index (χ1) is 11.6. The zero-order chi connectivity index (χ0) is 19.6. The van der Waals surface area contributed by atoms with Gasteiger partial charge in [0.25, 0.3) is 0 Å². The van der Waals surface area contributed by atoms with Crippen LogP contribution in [-0.4, -0.2) is 68.7 Å². The van der Waals surface area contributed by atoms with Crippen LogP contribution in [0.4, 0.5) is 0 Å². The second kappa shape index (κ2) is 20.5. The molecule has 0 aromatic heterocycles. The molecule has 0 aromatic rings. The molecule has 0 bridgehead atoms. The first kappa shape index (κ1) is 31.4. The van der Waals surface area contributed by atoms with Gasteiger partial charge in [0.2, 0.25) is 0 Å². The van der Waals surface area contributed by atoms with E-state index in [0.717, 1.165) is 19.3 Å². The van der Waals surface area contributed by atoms with Crippen molar-refractivity contribution in [3.63, 3.8) is 0 Å². The van der Waals surface area contributed by atoms with Crippen LogP contribution in [0.3, 0.4) is 0 Å². The van der Waals surface area contributed by atoms with E-state index in [1.807, 2.05) is 6.92 Å². The summed E-state index contributed by atoms with van der Waals surface area (Å²) in [6.45, 7) is 4.52. The quantitative estimate of drug-likeness (QED) is 0.230. The molecule has 0 saturated heterocycles. The van der Waals surface area contributed by atoms with Crippen molar-refractivity contribution >= 4 is 50.4 Å². The van der Waals surface area contributed by atoms with Gasteiger partial charge in [-0.05, 0) is 12.8 Å². The Morgan fingerprint density at radius 1 is 0.615 bits per heavy atom. The van der Waals surface area contributed by atoms with Crippen LogP contribution < -0.4 is 0 Å². The van der Waals surface area contributed by atoms with Crippen LogP contribution in [0.25, 0.3) is 0 Å². The van der Waals surface area contributed by atoms with Gasteiger partial charge in [-0.2, -0.15) is 16.8 Å². The van der Waals surface area contributed by atoms with Gasteiger partial charge in [-0.15, -0.1) is 0 Å². The van der Waals surface area contributed by atoms with Crippen LogP contribution in [0, 0.1) is 0 Å². The van der Waals surface area contributed by atoms with E-state index in [4.69, 9.17) is 21.7 Å². The molecule has 0 aliphatic carbocycles. The Morgan fingerprint density at radius 3 is 1.35 bits per heavy atom. The molecule has 11 heteroatoms. The fourth-order valence-electron chi connectivity index (χ4n) is 1.97. The van der Waals surface area contributed by atoms with E-state index in [1.54, 1.807) is 0 Å². The molecule has 2 N–H and O–H groups in total. The average molecular weight is 431 g/mol. The summed E-state index contributed by atoms with van der Waals surface area (Å²) in [7, 11) is -8.42. The number of hydrogen-bond acceptors (Lipinski definition) is 6. The fraction of sp³-hybridized carbons (Fsp3) is 1.00. The summed E-state index contributed by atoms with van der Waals surface area (Å²) < 4.78 is 63.4. The predicted molar refractivity (Wildman–Crippen MR) is 104 cm³/mol. The predicted octanol–water partition coefficient (Wildman–Crippen LogP) is 3.29. The summed E-state index contributed by atoms with van der Waals surface area (Å²) in [5, 5.41) is 0. The molecular weight excluding hydrogens is 395 g/mol. The van der Waals surface area contributed by atoms with E-state index >= 15 is 0 Å². The van der Waals surface area contributed by atoms with Gasteiger partial charge in [0.15, 0.2) is 0 Å². The van der Waals surface area contributed by atoms with Crippen LogP contribution in [-0.2, 0) is 29.2 Å². The van der Waals surface area contributed by atoms with E-state index in [-0.39, 0.29) is 42.8 Å². The summed E-state index contributed by atoms with van der Waals surface area (Å²) >= 11 is 0. The summed E-state index contributed by atoms with van der Waals surface area (Å²) in [5.41, 5.74) is 0. The van der Waals surface area contributed by atoms with Crippen LogP contribution >= 0.6 is 0 Å². The van der Waals surface area contributed by atoms with Gasteiger partial charge in [-0.1, -0.05) is 71.6 Å². The van der Waals surface area contributed by atoms with Gasteiger partial charge in [-0.25, -0.2) is 8.37 Å². The molecular formula is C15H35NaO8S2. The second-order valence-electron chi connectivity index (χ2n) is 5.68. The molecule has 156 valence electrons. The van der Waals surface area contributed by atoms with Crippen molar-refractivity contribution in [3.8, 4) is 0 Å². The molecule has 0 aliphatic heterocycles. The van der Waals surface area contributed by atoms with E-state index in [1.165, 1.54) is 44.9 Å². The summed E-state index contributed by atoms with van der Waals surface area (Å²) in [4.78, 5) is 0. The Bertz CT molecular complexity index is 472. The van der Waals surface area contributed by atoms with Crippen molar-refractivity contribution in [1.29, 1.82) is 0 Å². The second-order valence-corrected chi connectivity index (χ2v) is 7.87. The van der Waals surface area contributed by atoms with Gasteiger partial charge >= 0.3 is 50.4 Å². The molecule has 0 radical (unpaired) electrons. The summed E-state index contributed by atoms with van der Waals surface area (Å²) in [6.07, 6.45) is 12.9. The molecule has 0 spiro atoms. The topological polar surface area (TPSA) is 127 Å². The summed E-state index contributed by atoms with van der Waals surface area (Å²) in [6, 6.07) is 0. The minimum absolute atomic E-state index is 0. The Hall–Kier alpha value is 0.740. The minimum atomic E-state index is -4.67. The van der Waals surface area contributed by atoms with Gasteiger partial charge in [0.1, 0.15) is 0 Å². The van der Waals surface area contributed by atoms with E-state index in [2.05, 4.69) is 11.1 Å². The first-order valence-corrected chi connectivity index (χ1v) is 11.6. The molecule has 0 fully saturated rings. The monoisotopic (exact) mass is 430 g/mol. The van der Waals surface area contributed by atoms with Crippen molar-refractivity contribution in [2.24, 2.45) is 0 Å². The van der Waals surface area contributed by atoms with E-state index in [0.29, 0.717) is 6.42 Å². The van der Waals surface area contributed by atoms with Gasteiger partial charge in [-0.3, -0.25) is 9.11 Å². The SMILES string of the molecule is CCCCCCCCCCCCOS(=O)(=O)OCCC.O=S(=O)(O)O.[NaH]. The molecule has 8 nitrogen and oxygen atoms in total. The Labute approximate surface area is 181 Å². The molecule has 0 amide bonds. The normalized spacial score (nSPS) is 11.4. The Morgan fingerprint density at radius 2 is 0.962 bits per heavy atom. The maximum absolute atomic E-state index is 11.2. The van der Waals surface area contributed by atoms with Gasteiger partial charge in [0.05, 0.1) is 13.2 Å². The summed E-state index contributed by atoms with van der Waals surface area (Å²) in [5.74, 6) is 0. The third-order valence-electron chi connectivity index (χ3n) is 3.16. The molecule has 0 rings (SSSR count). The third kappa shape index (κ3) is 35.8. The molecule has 0 saturated carbocycles. The molecule has 0 unspecified atom stereocenters. The third-order valence-corrected chi connectivity index (χ3v) is 4.07. The average Bonchev–Trinajstić information content (AvgIpc) is 2.49. The first-order valence-electron chi connectivity index (χ1n) is 8.86. The number of rotatable bonds is 15. The van der Waals surface area contributed by atoms with Crippen LogP contribution in [0.15, 0.2) is 0 Å². The Balaban J connectivity index is -0.000000772. The Kier molecular flexibility index (Phi) is 24.8. The van der Waals surface area contributed by atoms with Gasteiger partial charge in [0, 0.05) is 0 Å². The standard InChI is InChI=1S/C15H32O4S.Na.H2O4S.H/c1-3-5-6-7-8-9-10-11-12-13-15-19-20(16,17)18-14-4-2;;1-5(2,3)4;/h3-15H2,1-2H3;;(H2,1,2,3,4);. The van der Waals surface area contributed by atoms with Crippen molar-refractivity contribution in [2.75, 3.05) is 13.2 Å². The van der Waals surface area contributed by atoms with E-state index < -0.39 is 20.8 Å². The number of hydrogen-bond donors (Lipinski definition) is 2. The zero-order valence-corrected chi connectivity index (χ0v) is 17.0. The van der Waals surface area contributed by atoms with Crippen LogP contribution in [0.2, 0.25) is 0 Å². The fourth-order valence-corrected chi connectivity index (χ4v) is 2.73. The molecule has 0 aliphatic rings. The van der Waals surface area contributed by atoms with Crippen LogP contribution in [0.1, 0.15) is 84.5 Å². The molecule has 0 aromatic carbocycles. The van der Waals surface area contributed by atoms with E-state index in [9.17, 15) is 8.42 Å².